The number of amides is 1. The summed E-state index contributed by atoms with van der Waals surface area (Å²) in [4.78, 5) is 18.4. The standard InChI is InChI=1S/C19H17F4N7O/c20-15-4-3-13(8-14(15)19(21,22)23)26-18(31)12-2-1-7-29(9-12)16-5-6-17(28-27-16)30-11-24-10-25-30/h3-6,8,10-12H,1-2,7,9H2,(H,26,31)/t12-/m1/s1. The summed E-state index contributed by atoms with van der Waals surface area (Å²) in [6.07, 6.45) is -0.710. The van der Waals surface area contributed by atoms with Gasteiger partial charge >= 0.3 is 6.18 Å². The van der Waals surface area contributed by atoms with Gasteiger partial charge in [-0.05, 0) is 43.2 Å². The molecular weight excluding hydrogens is 418 g/mol. The van der Waals surface area contributed by atoms with Crippen molar-refractivity contribution in [1.82, 2.24) is 25.0 Å². The van der Waals surface area contributed by atoms with Gasteiger partial charge in [0.1, 0.15) is 18.5 Å². The van der Waals surface area contributed by atoms with Crippen LogP contribution in [0.4, 0.5) is 29.1 Å². The zero-order valence-corrected chi connectivity index (χ0v) is 16.1. The number of nitrogens with one attached hydrogen (secondary N) is 1. The summed E-state index contributed by atoms with van der Waals surface area (Å²) in [6.45, 7) is 0.992. The Labute approximate surface area is 173 Å². The first-order valence-electron chi connectivity index (χ1n) is 9.42. The van der Waals surface area contributed by atoms with E-state index in [2.05, 4.69) is 25.6 Å². The van der Waals surface area contributed by atoms with Crippen LogP contribution < -0.4 is 10.2 Å². The quantitative estimate of drug-likeness (QED) is 0.634. The second kappa shape index (κ2) is 8.28. The van der Waals surface area contributed by atoms with Gasteiger partial charge < -0.3 is 10.2 Å². The van der Waals surface area contributed by atoms with Crippen molar-refractivity contribution in [3.63, 3.8) is 0 Å². The number of carbonyl (C=O) groups excluding carboxylic acids is 1. The molecule has 162 valence electrons. The van der Waals surface area contributed by atoms with Gasteiger partial charge in [0.15, 0.2) is 11.6 Å². The zero-order chi connectivity index (χ0) is 22.0. The predicted molar refractivity (Wildman–Crippen MR) is 102 cm³/mol. The van der Waals surface area contributed by atoms with Crippen LogP contribution in [0.25, 0.3) is 5.82 Å². The lowest BCUT2D eigenvalue weighted by atomic mass is 9.97. The molecule has 0 saturated carbocycles. The fraction of sp³-hybridized carbons (Fsp3) is 0.316. The molecule has 0 bridgehead atoms. The normalized spacial score (nSPS) is 16.9. The fourth-order valence-corrected chi connectivity index (χ4v) is 3.40. The molecule has 2 aromatic heterocycles. The average molecular weight is 435 g/mol. The molecule has 0 unspecified atom stereocenters. The molecule has 1 saturated heterocycles. The second-order valence-corrected chi connectivity index (χ2v) is 7.06. The average Bonchev–Trinajstić information content (AvgIpc) is 3.29. The first kappa shape index (κ1) is 20.7. The summed E-state index contributed by atoms with van der Waals surface area (Å²) in [6, 6.07) is 5.87. The van der Waals surface area contributed by atoms with E-state index in [4.69, 9.17) is 0 Å². The number of hydrogen-bond donors (Lipinski definition) is 1. The smallest absolute Gasteiger partial charge is 0.354 e. The van der Waals surface area contributed by atoms with Gasteiger partial charge in [-0.3, -0.25) is 4.79 Å². The lowest BCUT2D eigenvalue weighted by molar-refractivity contribution is -0.140. The predicted octanol–water partition coefficient (Wildman–Crippen LogP) is 3.07. The van der Waals surface area contributed by atoms with Gasteiger partial charge in [-0.15, -0.1) is 10.2 Å². The van der Waals surface area contributed by atoms with Crippen LogP contribution >= 0.6 is 0 Å². The number of halogens is 4. The molecule has 0 radical (unpaired) electrons. The van der Waals surface area contributed by atoms with E-state index in [-0.39, 0.29) is 5.69 Å². The number of aromatic nitrogens is 5. The van der Waals surface area contributed by atoms with E-state index in [1.165, 1.54) is 17.3 Å². The summed E-state index contributed by atoms with van der Waals surface area (Å²) < 4.78 is 53.6. The van der Waals surface area contributed by atoms with E-state index in [0.717, 1.165) is 6.07 Å². The highest BCUT2D eigenvalue weighted by Crippen LogP contribution is 2.33. The molecule has 8 nitrogen and oxygen atoms in total. The molecule has 0 spiro atoms. The highest BCUT2D eigenvalue weighted by Gasteiger charge is 2.34. The highest BCUT2D eigenvalue weighted by atomic mass is 19.4. The second-order valence-electron chi connectivity index (χ2n) is 7.06. The van der Waals surface area contributed by atoms with Crippen molar-refractivity contribution in [2.24, 2.45) is 5.92 Å². The number of alkyl halides is 3. The maximum absolute atomic E-state index is 13.5. The maximum Gasteiger partial charge on any atom is 0.419 e. The minimum absolute atomic E-state index is 0.104. The van der Waals surface area contributed by atoms with E-state index in [1.807, 2.05) is 4.90 Å². The molecule has 1 aromatic carbocycles. The lowest BCUT2D eigenvalue weighted by Gasteiger charge is -2.32. The number of carbonyl (C=O) groups is 1. The van der Waals surface area contributed by atoms with Crippen LogP contribution in [0.2, 0.25) is 0 Å². The number of nitrogens with zero attached hydrogens (tertiary/aromatic N) is 6. The SMILES string of the molecule is O=C(Nc1ccc(F)c(C(F)(F)F)c1)[C@@H]1CCCN(c2ccc(-n3cncn3)nn2)C1. The van der Waals surface area contributed by atoms with Gasteiger partial charge in [0.2, 0.25) is 5.91 Å². The number of piperidine rings is 1. The summed E-state index contributed by atoms with van der Waals surface area (Å²) in [5.74, 6) is -1.23. The third-order valence-electron chi connectivity index (χ3n) is 4.95. The molecule has 1 aliphatic rings. The van der Waals surface area contributed by atoms with Crippen molar-refractivity contribution in [1.29, 1.82) is 0 Å². The van der Waals surface area contributed by atoms with Crippen LogP contribution in [0.5, 0.6) is 0 Å². The number of anilines is 2. The van der Waals surface area contributed by atoms with Crippen LogP contribution in [-0.2, 0) is 11.0 Å². The van der Waals surface area contributed by atoms with Crippen LogP contribution in [0.1, 0.15) is 18.4 Å². The molecule has 1 aliphatic heterocycles. The Hall–Kier alpha value is -3.57. The Morgan fingerprint density at radius 1 is 1.13 bits per heavy atom. The molecule has 3 heterocycles. The van der Waals surface area contributed by atoms with E-state index < -0.39 is 29.4 Å². The van der Waals surface area contributed by atoms with Crippen molar-refractivity contribution in [3.05, 3.63) is 54.4 Å². The van der Waals surface area contributed by atoms with Crippen molar-refractivity contribution >= 4 is 17.4 Å². The van der Waals surface area contributed by atoms with Crippen LogP contribution in [0, 0.1) is 11.7 Å². The molecule has 12 heteroatoms. The monoisotopic (exact) mass is 435 g/mol. The van der Waals surface area contributed by atoms with E-state index in [1.54, 1.807) is 12.1 Å². The lowest BCUT2D eigenvalue weighted by Crippen LogP contribution is -2.41. The minimum atomic E-state index is -4.84. The molecule has 1 fully saturated rings. The minimum Gasteiger partial charge on any atom is -0.354 e. The van der Waals surface area contributed by atoms with Gasteiger partial charge in [-0.25, -0.2) is 14.1 Å². The molecule has 4 rings (SSSR count). The first-order chi connectivity index (χ1) is 14.8. The number of hydrogen-bond acceptors (Lipinski definition) is 6. The molecule has 1 amide bonds. The van der Waals surface area contributed by atoms with Crippen LogP contribution in [0.15, 0.2) is 43.0 Å². The van der Waals surface area contributed by atoms with Gasteiger partial charge in [0, 0.05) is 18.8 Å². The Kier molecular flexibility index (Phi) is 5.53. The molecule has 31 heavy (non-hydrogen) atoms. The zero-order valence-electron chi connectivity index (χ0n) is 16.1. The Morgan fingerprint density at radius 3 is 2.58 bits per heavy atom. The van der Waals surface area contributed by atoms with Gasteiger partial charge in [0.25, 0.3) is 0 Å². The van der Waals surface area contributed by atoms with Crippen molar-refractivity contribution < 1.29 is 22.4 Å². The topological polar surface area (TPSA) is 88.8 Å². The molecule has 1 N–H and O–H groups in total. The third kappa shape index (κ3) is 4.62. The van der Waals surface area contributed by atoms with Crippen LogP contribution in [0.3, 0.4) is 0 Å². The number of rotatable bonds is 4. The number of benzene rings is 1. The Balaban J connectivity index is 1.43. The van der Waals surface area contributed by atoms with Crippen LogP contribution in [-0.4, -0.2) is 44.0 Å². The summed E-state index contributed by atoms with van der Waals surface area (Å²) in [5, 5.41) is 14.7. The van der Waals surface area contributed by atoms with Gasteiger partial charge in [-0.1, -0.05) is 0 Å². The van der Waals surface area contributed by atoms with Crippen molar-refractivity contribution in [2.45, 2.75) is 19.0 Å². The van der Waals surface area contributed by atoms with Crippen molar-refractivity contribution in [3.8, 4) is 5.82 Å². The molecule has 1 atom stereocenters. The Bertz CT molecular complexity index is 1050. The third-order valence-corrected chi connectivity index (χ3v) is 4.95. The summed E-state index contributed by atoms with van der Waals surface area (Å²) in [5.41, 5.74) is -1.52. The van der Waals surface area contributed by atoms with E-state index in [0.29, 0.717) is 49.7 Å². The molecule has 3 aromatic rings. The van der Waals surface area contributed by atoms with Crippen molar-refractivity contribution in [2.75, 3.05) is 23.3 Å². The van der Waals surface area contributed by atoms with E-state index in [9.17, 15) is 22.4 Å². The maximum atomic E-state index is 13.5. The van der Waals surface area contributed by atoms with Gasteiger partial charge in [-0.2, -0.15) is 18.3 Å². The molecular formula is C19H17F4N7O. The first-order valence-corrected chi connectivity index (χ1v) is 9.42. The fourth-order valence-electron chi connectivity index (χ4n) is 3.40. The van der Waals surface area contributed by atoms with E-state index >= 15 is 0 Å². The summed E-state index contributed by atoms with van der Waals surface area (Å²) >= 11 is 0. The van der Waals surface area contributed by atoms with Gasteiger partial charge in [0.05, 0.1) is 11.5 Å². The largest absolute Gasteiger partial charge is 0.419 e. The molecule has 0 aliphatic carbocycles. The highest BCUT2D eigenvalue weighted by molar-refractivity contribution is 5.93. The summed E-state index contributed by atoms with van der Waals surface area (Å²) in [7, 11) is 0. The Morgan fingerprint density at radius 2 is 1.90 bits per heavy atom.